The lowest BCUT2D eigenvalue weighted by atomic mass is 9.71. The predicted molar refractivity (Wildman–Crippen MR) is 119 cm³/mol. The van der Waals surface area contributed by atoms with Crippen LogP contribution in [0.4, 0.5) is 0 Å². The minimum atomic E-state index is -0.469. The number of rotatable bonds is 14. The van der Waals surface area contributed by atoms with Crippen molar-refractivity contribution < 1.29 is 18.6 Å². The monoisotopic (exact) mass is 377 g/mol. The van der Waals surface area contributed by atoms with Crippen molar-refractivity contribution in [3.63, 3.8) is 0 Å². The van der Waals surface area contributed by atoms with E-state index >= 15 is 0 Å². The van der Waals surface area contributed by atoms with Crippen LogP contribution >= 0.6 is 8.46 Å². The Kier molecular flexibility index (Phi) is 11.2. The zero-order valence-electron chi connectivity index (χ0n) is 18.6. The van der Waals surface area contributed by atoms with Crippen LogP contribution in [0.25, 0.3) is 0 Å². The van der Waals surface area contributed by atoms with E-state index in [9.17, 15) is 0 Å². The maximum Gasteiger partial charge on any atom is 0.325 e. The fraction of sp³-hybridized carbons (Fsp3) is 1.00. The molecule has 0 aliphatic heterocycles. The van der Waals surface area contributed by atoms with Gasteiger partial charge in [0, 0.05) is 23.6 Å². The van der Waals surface area contributed by atoms with Gasteiger partial charge in [-0.25, -0.2) is 0 Å². The van der Waals surface area contributed by atoms with Gasteiger partial charge in [-0.1, -0.05) is 27.7 Å². The van der Waals surface area contributed by atoms with Crippen LogP contribution in [0.1, 0.15) is 69.2 Å². The van der Waals surface area contributed by atoms with Crippen LogP contribution in [-0.2, 0) is 18.6 Å². The Morgan fingerprint density at radius 1 is 0.692 bits per heavy atom. The maximum absolute atomic E-state index is 6.01. The van der Waals surface area contributed by atoms with Crippen LogP contribution in [0.2, 0.25) is 5.82 Å². The molecule has 0 N–H and O–H groups in total. The van der Waals surface area contributed by atoms with Crippen LogP contribution in [0.5, 0.6) is 0 Å². The average Bonchev–Trinajstić information content (AvgIpc) is 2.48. The molecule has 0 aromatic heterocycles. The highest BCUT2D eigenvalue weighted by atomic mass is 31.1. The summed E-state index contributed by atoms with van der Waals surface area (Å²) in [6.45, 7) is 22.7. The van der Waals surface area contributed by atoms with Crippen molar-refractivity contribution in [2.75, 3.05) is 7.11 Å². The quantitative estimate of drug-likeness (QED) is 0.345. The van der Waals surface area contributed by atoms with Crippen LogP contribution < -0.4 is 0 Å². The Labute approximate surface area is 168 Å². The van der Waals surface area contributed by atoms with E-state index in [0.29, 0.717) is 14.3 Å². The molecular weight excluding hydrogens is 341 g/mol. The van der Waals surface area contributed by atoms with Crippen molar-refractivity contribution in [1.82, 2.24) is 0 Å². The molecule has 0 bridgehead atoms. The highest BCUT2D eigenvalue weighted by Crippen LogP contribution is 2.33. The predicted octanol–water partition coefficient (Wildman–Crippen LogP) is 3.23. The SMILES string of the molecule is CO[B]C(C)(C)O[B]C(C)(C)P[B]C(C)(C)O[B]C(C)(C)O[B]C(C)C. The normalized spacial score (nSPS) is 14.0. The first-order valence-electron chi connectivity index (χ1n) is 9.14. The third-order valence-electron chi connectivity index (χ3n) is 3.14. The molecule has 0 spiro atoms. The van der Waals surface area contributed by atoms with Gasteiger partial charge in [-0.05, 0) is 52.4 Å². The minimum absolute atomic E-state index is 0.100. The van der Waals surface area contributed by atoms with Gasteiger partial charge in [0.1, 0.15) is 0 Å². The molecule has 0 aliphatic carbocycles. The molecular formula is C16H35B5O4P. The van der Waals surface area contributed by atoms with Crippen molar-refractivity contribution in [2.45, 2.75) is 96.6 Å². The van der Waals surface area contributed by atoms with Crippen LogP contribution in [0, 0.1) is 0 Å². The van der Waals surface area contributed by atoms with Gasteiger partial charge in [0.2, 0.25) is 0 Å². The lowest BCUT2D eigenvalue weighted by Gasteiger charge is -2.35. The molecule has 0 saturated carbocycles. The van der Waals surface area contributed by atoms with Gasteiger partial charge in [-0.3, -0.25) is 0 Å². The van der Waals surface area contributed by atoms with Crippen LogP contribution in [0.3, 0.4) is 0 Å². The lowest BCUT2D eigenvalue weighted by molar-refractivity contribution is 0.137. The first kappa shape index (κ1) is 26.6. The van der Waals surface area contributed by atoms with E-state index in [2.05, 4.69) is 48.5 Å². The molecule has 1 unspecified atom stereocenters. The molecule has 0 aromatic rings. The van der Waals surface area contributed by atoms with Crippen molar-refractivity contribution >= 4 is 45.4 Å². The second-order valence-electron chi connectivity index (χ2n) is 9.14. The Bertz CT molecular complexity index is 406. The molecule has 1 atom stereocenters. The van der Waals surface area contributed by atoms with Crippen LogP contribution in [-0.4, -0.2) is 65.6 Å². The zero-order chi connectivity index (χ0) is 20.6. The number of hydrogen-bond donors (Lipinski definition) is 0. The third-order valence-corrected chi connectivity index (χ3v) is 4.84. The molecule has 0 fully saturated rings. The van der Waals surface area contributed by atoms with Gasteiger partial charge >= 0.3 is 22.4 Å². The smallest absolute Gasteiger partial charge is 0.325 e. The summed E-state index contributed by atoms with van der Waals surface area (Å²) in [5, 5.41) is -0.100. The Balaban J connectivity index is 4.39. The highest BCUT2D eigenvalue weighted by molar-refractivity contribution is 7.74. The molecule has 26 heavy (non-hydrogen) atoms. The molecule has 0 heterocycles. The zero-order valence-corrected chi connectivity index (χ0v) is 19.6. The van der Waals surface area contributed by atoms with Gasteiger partial charge in [-0.2, -0.15) is 8.46 Å². The second-order valence-corrected chi connectivity index (χ2v) is 11.0. The molecule has 5 radical (unpaired) electrons. The average molecular weight is 376 g/mol. The summed E-state index contributed by atoms with van der Waals surface area (Å²) >= 11 is 0. The Hall–Kier alpha value is 0.595. The summed E-state index contributed by atoms with van der Waals surface area (Å²) in [5.41, 5.74) is -1.32. The summed E-state index contributed by atoms with van der Waals surface area (Å²) in [6.07, 6.45) is 0. The van der Waals surface area contributed by atoms with Gasteiger partial charge < -0.3 is 18.6 Å². The Morgan fingerprint density at radius 2 is 1.19 bits per heavy atom. The molecule has 0 aromatic carbocycles. The highest BCUT2D eigenvalue weighted by Gasteiger charge is 2.33. The molecule has 0 rings (SSSR count). The molecule has 0 aliphatic rings. The summed E-state index contributed by atoms with van der Waals surface area (Å²) in [4.78, 5) is 0. The van der Waals surface area contributed by atoms with Crippen molar-refractivity contribution in [2.24, 2.45) is 0 Å². The van der Waals surface area contributed by atoms with Crippen molar-refractivity contribution in [3.05, 3.63) is 0 Å². The fourth-order valence-electron chi connectivity index (χ4n) is 1.67. The third kappa shape index (κ3) is 13.7. The topological polar surface area (TPSA) is 36.9 Å². The van der Waals surface area contributed by atoms with E-state index in [4.69, 9.17) is 18.6 Å². The van der Waals surface area contributed by atoms with Crippen LogP contribution in [0.15, 0.2) is 0 Å². The summed E-state index contributed by atoms with van der Waals surface area (Å²) < 4.78 is 22.7. The largest absolute Gasteiger partial charge is 0.440 e. The van der Waals surface area contributed by atoms with Crippen molar-refractivity contribution in [1.29, 1.82) is 0 Å². The van der Waals surface area contributed by atoms with Gasteiger partial charge in [0.15, 0.2) is 7.00 Å². The minimum Gasteiger partial charge on any atom is -0.440 e. The second kappa shape index (κ2) is 11.0. The summed E-state index contributed by atoms with van der Waals surface area (Å²) in [6, 6.07) is 0. The lowest BCUT2D eigenvalue weighted by Crippen LogP contribution is -2.44. The van der Waals surface area contributed by atoms with E-state index in [1.165, 1.54) is 0 Å². The molecule has 0 amide bonds. The van der Waals surface area contributed by atoms with E-state index < -0.39 is 16.5 Å². The summed E-state index contributed by atoms with van der Waals surface area (Å²) in [7, 11) is 9.36. The standard InChI is InChI=1S/C16H35B5O4P/c1-12(2)17-23-14(5,6)19-25-15(7,8)21-26-16(9,10)20-24-13(3,4)18-22-11/h12,26H,1-11H3. The van der Waals surface area contributed by atoms with Gasteiger partial charge in [0.25, 0.3) is 7.48 Å². The van der Waals surface area contributed by atoms with Gasteiger partial charge in [0.05, 0.1) is 0 Å². The number of hydrogen-bond acceptors (Lipinski definition) is 4. The van der Waals surface area contributed by atoms with E-state index in [1.807, 2.05) is 42.7 Å². The first-order valence-corrected chi connectivity index (χ1v) is 10.2. The fourth-order valence-corrected chi connectivity index (χ4v) is 2.59. The summed E-state index contributed by atoms with van der Waals surface area (Å²) in [5.74, 6) is 0.375. The van der Waals surface area contributed by atoms with E-state index in [0.717, 1.165) is 0 Å². The Morgan fingerprint density at radius 3 is 1.69 bits per heavy atom. The van der Waals surface area contributed by atoms with E-state index in [1.54, 1.807) is 22.1 Å². The molecule has 4 nitrogen and oxygen atoms in total. The van der Waals surface area contributed by atoms with E-state index in [-0.39, 0.29) is 5.06 Å². The van der Waals surface area contributed by atoms with Gasteiger partial charge in [-0.15, -0.1) is 0 Å². The molecule has 143 valence electrons. The molecule has 0 saturated heterocycles. The van der Waals surface area contributed by atoms with Crippen molar-refractivity contribution in [3.8, 4) is 0 Å². The first-order chi connectivity index (χ1) is 11.6. The maximum atomic E-state index is 6.01. The molecule has 10 heteroatoms.